The van der Waals surface area contributed by atoms with E-state index in [0.29, 0.717) is 4.90 Å². The number of hydrogen-bond acceptors (Lipinski definition) is 5. The van der Waals surface area contributed by atoms with Crippen molar-refractivity contribution in [2.75, 3.05) is 22.1 Å². The third kappa shape index (κ3) is 2.39. The van der Waals surface area contributed by atoms with Crippen LogP contribution in [0.2, 0.25) is 0 Å². The number of thioether (sulfide) groups is 1. The van der Waals surface area contributed by atoms with Crippen molar-refractivity contribution in [3.05, 3.63) is 17.9 Å². The maximum Gasteiger partial charge on any atom is 0.415 e. The lowest BCUT2D eigenvalue weighted by Gasteiger charge is -2.30. The van der Waals surface area contributed by atoms with Crippen molar-refractivity contribution < 1.29 is 23.5 Å². The Morgan fingerprint density at radius 3 is 2.71 bits per heavy atom. The van der Waals surface area contributed by atoms with Crippen LogP contribution in [0.5, 0.6) is 0 Å². The highest BCUT2D eigenvalue weighted by Crippen LogP contribution is 2.45. The monoisotopic (exact) mass is 351 g/mol. The molecule has 2 N–H and O–H groups in total. The quantitative estimate of drug-likeness (QED) is 0.884. The van der Waals surface area contributed by atoms with Gasteiger partial charge in [-0.2, -0.15) is 0 Å². The van der Waals surface area contributed by atoms with Gasteiger partial charge in [0.1, 0.15) is 5.82 Å². The van der Waals surface area contributed by atoms with Gasteiger partial charge in [-0.1, -0.05) is 0 Å². The highest BCUT2D eigenvalue weighted by atomic mass is 32.2. The Kier molecular flexibility index (Phi) is 3.41. The number of nitrogens with two attached hydrogens (primary N) is 1. The molecule has 24 heavy (non-hydrogen) atoms. The molecule has 2 fully saturated rings. The summed E-state index contributed by atoms with van der Waals surface area (Å²) in [4.78, 5) is 38.5. The van der Waals surface area contributed by atoms with Gasteiger partial charge in [0.25, 0.3) is 5.91 Å². The van der Waals surface area contributed by atoms with Gasteiger partial charge in [0, 0.05) is 10.9 Å². The van der Waals surface area contributed by atoms with Crippen molar-refractivity contribution in [3.63, 3.8) is 0 Å². The molecule has 0 bridgehead atoms. The highest BCUT2D eigenvalue weighted by molar-refractivity contribution is 8.00. The van der Waals surface area contributed by atoms with Crippen LogP contribution in [0.3, 0.4) is 0 Å². The van der Waals surface area contributed by atoms with Crippen LogP contribution >= 0.6 is 11.8 Å². The summed E-state index contributed by atoms with van der Waals surface area (Å²) in [6.45, 7) is -0.0532. The van der Waals surface area contributed by atoms with Crippen molar-refractivity contribution in [2.45, 2.75) is 29.9 Å². The Hall–Kier alpha value is -2.29. The van der Waals surface area contributed by atoms with Gasteiger partial charge in [0.15, 0.2) is 6.10 Å². The minimum Gasteiger partial charge on any atom is -0.434 e. The zero-order valence-corrected chi connectivity index (χ0v) is 13.3. The SMILES string of the molecule is NC(=O)[C@H]1CN(c2cc(F)c3c(c2)SCC(=O)N3C2CC2)C(=O)O1. The second kappa shape index (κ2) is 5.37. The molecule has 9 heteroatoms. The number of rotatable bonds is 3. The van der Waals surface area contributed by atoms with Gasteiger partial charge in [0.2, 0.25) is 5.91 Å². The molecule has 0 spiro atoms. The number of hydrogen-bond donors (Lipinski definition) is 1. The van der Waals surface area contributed by atoms with Crippen LogP contribution in [0.1, 0.15) is 12.8 Å². The highest BCUT2D eigenvalue weighted by Gasteiger charge is 2.41. The third-order valence-corrected chi connectivity index (χ3v) is 5.24. The first-order valence-electron chi connectivity index (χ1n) is 7.51. The van der Waals surface area contributed by atoms with Gasteiger partial charge >= 0.3 is 6.09 Å². The van der Waals surface area contributed by atoms with E-state index in [-0.39, 0.29) is 35.6 Å². The van der Waals surface area contributed by atoms with E-state index in [1.807, 2.05) is 0 Å². The Balaban J connectivity index is 1.70. The number of carbonyl (C=O) groups excluding carboxylic acids is 3. The molecule has 0 aromatic heterocycles. The largest absolute Gasteiger partial charge is 0.434 e. The number of amides is 3. The van der Waals surface area contributed by atoms with E-state index >= 15 is 0 Å². The van der Waals surface area contributed by atoms with Gasteiger partial charge in [-0.3, -0.25) is 14.5 Å². The summed E-state index contributed by atoms with van der Waals surface area (Å²) < 4.78 is 19.6. The van der Waals surface area contributed by atoms with Crippen LogP contribution in [0, 0.1) is 5.82 Å². The molecule has 0 unspecified atom stereocenters. The number of cyclic esters (lactones) is 1. The van der Waals surface area contributed by atoms with E-state index < -0.39 is 23.9 Å². The predicted octanol–water partition coefficient (Wildman–Crippen LogP) is 1.24. The lowest BCUT2D eigenvalue weighted by molar-refractivity contribution is -0.124. The van der Waals surface area contributed by atoms with Crippen molar-refractivity contribution in [1.82, 2.24) is 0 Å². The predicted molar refractivity (Wildman–Crippen MR) is 84.4 cm³/mol. The number of nitrogens with zero attached hydrogens (tertiary/aromatic N) is 2. The molecule has 2 heterocycles. The van der Waals surface area contributed by atoms with Crippen molar-refractivity contribution in [1.29, 1.82) is 0 Å². The summed E-state index contributed by atoms with van der Waals surface area (Å²) >= 11 is 1.24. The number of halogens is 1. The Morgan fingerprint density at radius 2 is 2.08 bits per heavy atom. The average Bonchev–Trinajstić information content (AvgIpc) is 3.28. The Bertz CT molecular complexity index is 767. The fourth-order valence-electron chi connectivity index (χ4n) is 2.93. The Labute approximate surface area is 140 Å². The summed E-state index contributed by atoms with van der Waals surface area (Å²) in [5.74, 6) is -1.17. The van der Waals surface area contributed by atoms with Crippen LogP contribution in [-0.2, 0) is 14.3 Å². The molecule has 1 atom stereocenters. The first-order valence-corrected chi connectivity index (χ1v) is 8.50. The van der Waals surface area contributed by atoms with Gasteiger partial charge in [-0.05, 0) is 25.0 Å². The van der Waals surface area contributed by atoms with Crippen LogP contribution < -0.4 is 15.5 Å². The molecule has 1 saturated heterocycles. The van der Waals surface area contributed by atoms with Crippen molar-refractivity contribution >= 4 is 41.0 Å². The third-order valence-electron chi connectivity index (χ3n) is 4.23. The van der Waals surface area contributed by atoms with Gasteiger partial charge in [-0.15, -0.1) is 11.8 Å². The zero-order chi connectivity index (χ0) is 17.0. The number of carbonyl (C=O) groups is 3. The molecule has 3 amide bonds. The maximum atomic E-state index is 14.7. The summed E-state index contributed by atoms with van der Waals surface area (Å²) in [5, 5.41) is 0. The number of anilines is 2. The molecule has 1 saturated carbocycles. The molecule has 4 rings (SSSR count). The van der Waals surface area contributed by atoms with E-state index in [1.54, 1.807) is 6.07 Å². The first-order chi connectivity index (χ1) is 11.5. The van der Waals surface area contributed by atoms with Crippen molar-refractivity contribution in [3.8, 4) is 0 Å². The molecule has 126 valence electrons. The zero-order valence-electron chi connectivity index (χ0n) is 12.5. The smallest absolute Gasteiger partial charge is 0.415 e. The van der Waals surface area contributed by atoms with Crippen LogP contribution in [0.25, 0.3) is 0 Å². The van der Waals surface area contributed by atoms with Gasteiger partial charge < -0.3 is 15.4 Å². The maximum absolute atomic E-state index is 14.7. The fourth-order valence-corrected chi connectivity index (χ4v) is 3.89. The fraction of sp³-hybridized carbons (Fsp3) is 0.400. The standard InChI is InChI=1S/C15H14FN3O4S/c16-9-3-8(18-5-10(14(17)21)23-15(18)22)4-11-13(9)19(7-1-2-7)12(20)6-24-11/h3-4,7,10H,1-2,5-6H2,(H2,17,21)/t10-/m1/s1. The van der Waals surface area contributed by atoms with Gasteiger partial charge in [0.05, 0.1) is 23.7 Å². The minimum absolute atomic E-state index is 0.0532. The minimum atomic E-state index is -1.05. The molecular weight excluding hydrogens is 337 g/mol. The Morgan fingerprint density at radius 1 is 1.33 bits per heavy atom. The summed E-state index contributed by atoms with van der Waals surface area (Å²) in [7, 11) is 0. The van der Waals surface area contributed by atoms with E-state index in [0.717, 1.165) is 12.8 Å². The second-order valence-corrected chi connectivity index (χ2v) is 6.96. The van der Waals surface area contributed by atoms with Crippen molar-refractivity contribution in [2.24, 2.45) is 5.73 Å². The molecule has 0 radical (unpaired) electrons. The topological polar surface area (TPSA) is 92.9 Å². The summed E-state index contributed by atoms with van der Waals surface area (Å²) in [6.07, 6.45) is -0.0474. The van der Waals surface area contributed by atoms with E-state index in [9.17, 15) is 18.8 Å². The summed E-state index contributed by atoms with van der Waals surface area (Å²) in [6, 6.07) is 2.90. The van der Waals surface area contributed by atoms with E-state index in [2.05, 4.69) is 0 Å². The molecular formula is C15H14FN3O4S. The van der Waals surface area contributed by atoms with Crippen LogP contribution in [0.4, 0.5) is 20.6 Å². The second-order valence-electron chi connectivity index (χ2n) is 5.94. The van der Waals surface area contributed by atoms with Gasteiger partial charge in [-0.25, -0.2) is 9.18 Å². The first kappa shape index (κ1) is 15.3. The molecule has 1 aromatic carbocycles. The average molecular weight is 351 g/mol. The molecule has 2 aliphatic heterocycles. The molecule has 1 aliphatic carbocycles. The number of primary amides is 1. The summed E-state index contributed by atoms with van der Waals surface area (Å²) in [5.41, 5.74) is 5.72. The lowest BCUT2D eigenvalue weighted by Crippen LogP contribution is -2.38. The molecule has 1 aromatic rings. The van der Waals surface area contributed by atoms with E-state index in [1.165, 1.54) is 27.6 Å². The molecule has 7 nitrogen and oxygen atoms in total. The number of benzene rings is 1. The normalized spacial score (nSPS) is 23.3. The lowest BCUT2D eigenvalue weighted by atomic mass is 10.2. The molecule has 3 aliphatic rings. The number of ether oxygens (including phenoxy) is 1. The number of fused-ring (bicyclic) bond motifs is 1. The van der Waals surface area contributed by atoms with E-state index in [4.69, 9.17) is 10.5 Å². The van der Waals surface area contributed by atoms with Crippen LogP contribution in [0.15, 0.2) is 17.0 Å². The van der Waals surface area contributed by atoms with Crippen LogP contribution in [-0.4, -0.2) is 42.4 Å².